The van der Waals surface area contributed by atoms with E-state index >= 15 is 0 Å². The molecule has 0 bridgehead atoms. The van der Waals surface area contributed by atoms with E-state index in [0.29, 0.717) is 18.9 Å². The number of nitriles is 1. The number of hydrogen-bond donors (Lipinski definition) is 0. The van der Waals surface area contributed by atoms with Crippen LogP contribution in [0.1, 0.15) is 59.3 Å². The van der Waals surface area contributed by atoms with Crippen LogP contribution in [0.15, 0.2) is 0 Å². The van der Waals surface area contributed by atoms with Gasteiger partial charge in [0.1, 0.15) is 5.41 Å². The van der Waals surface area contributed by atoms with Crippen molar-refractivity contribution in [1.29, 1.82) is 5.26 Å². The van der Waals surface area contributed by atoms with Gasteiger partial charge in [-0.05, 0) is 39.2 Å². The standard InChI is InChI=1S/C17H29N3O/c1-4-8-17(13-18,9-5-2)16(21)20-12-15-7-6-10-19(15)11-14(20)3/h14-15H,4-12H2,1-3H3. The molecule has 1 amide bonds. The van der Waals surface area contributed by atoms with E-state index in [1.807, 2.05) is 4.90 Å². The molecule has 0 aliphatic carbocycles. The lowest BCUT2D eigenvalue weighted by Crippen LogP contribution is -2.59. The first-order valence-corrected chi connectivity index (χ1v) is 8.54. The molecule has 2 aliphatic heterocycles. The van der Waals surface area contributed by atoms with Crippen LogP contribution in [0, 0.1) is 16.7 Å². The summed E-state index contributed by atoms with van der Waals surface area (Å²) in [5, 5.41) is 9.71. The number of rotatable bonds is 5. The van der Waals surface area contributed by atoms with E-state index < -0.39 is 5.41 Å². The van der Waals surface area contributed by atoms with E-state index in [1.54, 1.807) is 0 Å². The Morgan fingerprint density at radius 2 is 1.95 bits per heavy atom. The van der Waals surface area contributed by atoms with Gasteiger partial charge in [-0.1, -0.05) is 26.7 Å². The van der Waals surface area contributed by atoms with Crippen LogP contribution in [-0.4, -0.2) is 47.4 Å². The van der Waals surface area contributed by atoms with Gasteiger partial charge in [-0.15, -0.1) is 0 Å². The molecule has 2 aliphatic rings. The molecule has 4 nitrogen and oxygen atoms in total. The maximum atomic E-state index is 13.1. The van der Waals surface area contributed by atoms with E-state index in [4.69, 9.17) is 0 Å². The van der Waals surface area contributed by atoms with Gasteiger partial charge in [-0.3, -0.25) is 9.69 Å². The van der Waals surface area contributed by atoms with E-state index in [0.717, 1.165) is 25.9 Å². The highest BCUT2D eigenvalue weighted by molar-refractivity contribution is 5.86. The summed E-state index contributed by atoms with van der Waals surface area (Å²) in [5.41, 5.74) is -0.793. The minimum absolute atomic E-state index is 0.0905. The number of carbonyl (C=O) groups is 1. The Kier molecular flexibility index (Phi) is 5.27. The van der Waals surface area contributed by atoms with Crippen molar-refractivity contribution in [3.63, 3.8) is 0 Å². The zero-order chi connectivity index (χ0) is 15.5. The summed E-state index contributed by atoms with van der Waals surface area (Å²) in [6.45, 7) is 9.21. The lowest BCUT2D eigenvalue weighted by Gasteiger charge is -2.45. The normalized spacial score (nSPS) is 26.5. The lowest BCUT2D eigenvalue weighted by atomic mass is 9.78. The number of hydrogen-bond acceptors (Lipinski definition) is 3. The molecular weight excluding hydrogens is 262 g/mol. The fourth-order valence-corrected chi connectivity index (χ4v) is 4.10. The van der Waals surface area contributed by atoms with Crippen molar-refractivity contribution in [2.24, 2.45) is 5.41 Å². The fraction of sp³-hybridized carbons (Fsp3) is 0.882. The van der Waals surface area contributed by atoms with Crippen LogP contribution in [0.2, 0.25) is 0 Å². The molecule has 2 saturated heterocycles. The van der Waals surface area contributed by atoms with E-state index in [9.17, 15) is 10.1 Å². The van der Waals surface area contributed by atoms with Gasteiger partial charge in [0.05, 0.1) is 6.07 Å². The van der Waals surface area contributed by atoms with Gasteiger partial charge in [0, 0.05) is 25.2 Å². The summed E-state index contributed by atoms with van der Waals surface area (Å²) in [7, 11) is 0. The highest BCUT2D eigenvalue weighted by Crippen LogP contribution is 2.34. The van der Waals surface area contributed by atoms with Crippen LogP contribution in [0.25, 0.3) is 0 Å². The maximum Gasteiger partial charge on any atom is 0.243 e. The number of carbonyl (C=O) groups excluding carboxylic acids is 1. The summed E-state index contributed by atoms with van der Waals surface area (Å²) in [6, 6.07) is 3.14. The van der Waals surface area contributed by atoms with Crippen molar-refractivity contribution in [3.8, 4) is 6.07 Å². The smallest absolute Gasteiger partial charge is 0.243 e. The Bertz CT molecular complexity index is 409. The van der Waals surface area contributed by atoms with Crippen LogP contribution in [0.5, 0.6) is 0 Å². The molecule has 118 valence electrons. The highest BCUT2D eigenvalue weighted by atomic mass is 16.2. The first kappa shape index (κ1) is 16.3. The molecule has 2 fully saturated rings. The summed E-state index contributed by atoms with van der Waals surface area (Å²) < 4.78 is 0. The quantitative estimate of drug-likeness (QED) is 0.782. The maximum absolute atomic E-state index is 13.1. The van der Waals surface area contributed by atoms with Crippen molar-refractivity contribution in [2.75, 3.05) is 19.6 Å². The summed E-state index contributed by atoms with van der Waals surface area (Å²) in [4.78, 5) is 17.6. The molecule has 2 unspecified atom stereocenters. The zero-order valence-corrected chi connectivity index (χ0v) is 13.8. The molecule has 0 saturated carbocycles. The Labute approximate surface area is 129 Å². The lowest BCUT2D eigenvalue weighted by molar-refractivity contribution is -0.145. The molecule has 0 aromatic rings. The van der Waals surface area contributed by atoms with Gasteiger partial charge < -0.3 is 4.90 Å². The van der Waals surface area contributed by atoms with Crippen molar-refractivity contribution in [3.05, 3.63) is 0 Å². The van der Waals surface area contributed by atoms with Gasteiger partial charge in [-0.2, -0.15) is 5.26 Å². The number of amides is 1. The predicted molar refractivity (Wildman–Crippen MR) is 83.6 cm³/mol. The molecule has 2 atom stereocenters. The molecule has 2 heterocycles. The van der Waals surface area contributed by atoms with E-state index in [-0.39, 0.29) is 11.9 Å². The first-order valence-electron chi connectivity index (χ1n) is 8.54. The monoisotopic (exact) mass is 291 g/mol. The third kappa shape index (κ3) is 3.08. The molecule has 21 heavy (non-hydrogen) atoms. The van der Waals surface area contributed by atoms with Gasteiger partial charge >= 0.3 is 0 Å². The third-order valence-corrected chi connectivity index (χ3v) is 5.18. The predicted octanol–water partition coefficient (Wildman–Crippen LogP) is 2.79. The summed E-state index contributed by atoms with van der Waals surface area (Å²) in [5.74, 6) is 0.0905. The molecule has 2 rings (SSSR count). The summed E-state index contributed by atoms with van der Waals surface area (Å²) >= 11 is 0. The molecule has 0 aromatic heterocycles. The summed E-state index contributed by atoms with van der Waals surface area (Å²) in [6.07, 6.45) is 5.58. The molecule has 0 radical (unpaired) electrons. The highest BCUT2D eigenvalue weighted by Gasteiger charge is 2.45. The topological polar surface area (TPSA) is 47.3 Å². The zero-order valence-electron chi connectivity index (χ0n) is 13.8. The molecule has 4 heteroatoms. The third-order valence-electron chi connectivity index (χ3n) is 5.18. The Hall–Kier alpha value is -1.08. The van der Waals surface area contributed by atoms with Gasteiger partial charge in [0.25, 0.3) is 0 Å². The van der Waals surface area contributed by atoms with Crippen LogP contribution in [0.3, 0.4) is 0 Å². The van der Waals surface area contributed by atoms with Crippen molar-refractivity contribution in [2.45, 2.75) is 71.4 Å². The minimum Gasteiger partial charge on any atom is -0.336 e. The largest absolute Gasteiger partial charge is 0.336 e. The van der Waals surface area contributed by atoms with Crippen molar-refractivity contribution >= 4 is 5.91 Å². The van der Waals surface area contributed by atoms with Crippen molar-refractivity contribution in [1.82, 2.24) is 9.80 Å². The fourth-order valence-electron chi connectivity index (χ4n) is 4.10. The van der Waals surface area contributed by atoms with Crippen LogP contribution in [0.4, 0.5) is 0 Å². The van der Waals surface area contributed by atoms with E-state index in [1.165, 1.54) is 19.4 Å². The Morgan fingerprint density at radius 3 is 2.52 bits per heavy atom. The molecule has 0 N–H and O–H groups in total. The SMILES string of the molecule is CCCC(C#N)(CCC)C(=O)N1CC2CCCN2CC1C. The second-order valence-electron chi connectivity index (χ2n) is 6.79. The van der Waals surface area contributed by atoms with Crippen LogP contribution < -0.4 is 0 Å². The van der Waals surface area contributed by atoms with Crippen LogP contribution >= 0.6 is 0 Å². The second-order valence-corrected chi connectivity index (χ2v) is 6.79. The van der Waals surface area contributed by atoms with Crippen LogP contribution in [-0.2, 0) is 4.79 Å². The molecular formula is C17H29N3O. The van der Waals surface area contributed by atoms with Gasteiger partial charge in [0.15, 0.2) is 0 Å². The van der Waals surface area contributed by atoms with Gasteiger partial charge in [0.2, 0.25) is 5.91 Å². The average Bonchev–Trinajstić information content (AvgIpc) is 2.92. The Morgan fingerprint density at radius 1 is 1.29 bits per heavy atom. The van der Waals surface area contributed by atoms with E-state index in [2.05, 4.69) is 31.7 Å². The number of fused-ring (bicyclic) bond motifs is 1. The molecule has 0 spiro atoms. The first-order chi connectivity index (χ1) is 10.1. The number of piperazine rings is 1. The van der Waals surface area contributed by atoms with Gasteiger partial charge in [-0.25, -0.2) is 0 Å². The Balaban J connectivity index is 2.17. The minimum atomic E-state index is -0.793. The number of nitrogens with zero attached hydrogens (tertiary/aromatic N) is 3. The molecule has 0 aromatic carbocycles. The van der Waals surface area contributed by atoms with Crippen molar-refractivity contribution < 1.29 is 4.79 Å². The average molecular weight is 291 g/mol. The second kappa shape index (κ2) is 6.79.